The normalized spacial score (nSPS) is 14.1. The molecule has 24 heavy (non-hydrogen) atoms. The molecule has 0 bridgehead atoms. The smallest absolute Gasteiger partial charge is 0.277 e. The largest absolute Gasteiger partial charge is 0.497 e. The van der Waals surface area contributed by atoms with Crippen LogP contribution < -0.4 is 10.1 Å². The van der Waals surface area contributed by atoms with E-state index in [4.69, 9.17) is 9.84 Å². The summed E-state index contributed by atoms with van der Waals surface area (Å²) in [6, 6.07) is 5.09. The van der Waals surface area contributed by atoms with Crippen LogP contribution in [0.4, 0.5) is 5.69 Å². The minimum atomic E-state index is -0.499. The molecule has 0 unspecified atom stereocenters. The number of anilines is 1. The summed E-state index contributed by atoms with van der Waals surface area (Å²) in [6.07, 6.45) is 2.61. The van der Waals surface area contributed by atoms with Crippen LogP contribution in [0.1, 0.15) is 0 Å². The van der Waals surface area contributed by atoms with Crippen molar-refractivity contribution in [2.24, 2.45) is 0 Å². The van der Waals surface area contributed by atoms with E-state index in [1.54, 1.807) is 18.2 Å². The number of nitrogens with zero attached hydrogens (tertiary/aromatic N) is 5. The molecular weight excluding hydrogens is 316 g/mol. The summed E-state index contributed by atoms with van der Waals surface area (Å²) in [5, 5.41) is 22.8. The Morgan fingerprint density at radius 2 is 2.12 bits per heavy atom. The molecule has 3 rings (SSSR count). The highest BCUT2D eigenvalue weighted by molar-refractivity contribution is 6.17. The van der Waals surface area contributed by atoms with Crippen LogP contribution in [0.3, 0.4) is 0 Å². The standard InChI is InChI=1S/C14H14N6O4/c1-24-11-5-9(4-10(6-11)20-8-15-17-18-20)16-12-7-13(22)19(2-3-21)14(12)23/h4-8,16,21H,2-3H2,1H3. The Bertz CT molecular complexity index is 802. The number of ether oxygens (including phenoxy) is 1. The van der Waals surface area contributed by atoms with E-state index >= 15 is 0 Å². The van der Waals surface area contributed by atoms with Crippen molar-refractivity contribution in [1.82, 2.24) is 25.1 Å². The van der Waals surface area contributed by atoms with Gasteiger partial charge in [-0.25, -0.2) is 4.68 Å². The SMILES string of the molecule is COc1cc(NC2=CC(=O)N(CCO)C2=O)cc(-n2cnnn2)c1. The van der Waals surface area contributed by atoms with Crippen molar-refractivity contribution in [1.29, 1.82) is 0 Å². The predicted octanol–water partition coefficient (Wildman–Crippen LogP) is -0.672. The van der Waals surface area contributed by atoms with E-state index in [1.165, 1.54) is 24.2 Å². The van der Waals surface area contributed by atoms with Gasteiger partial charge < -0.3 is 15.2 Å². The van der Waals surface area contributed by atoms with Crippen molar-refractivity contribution in [3.8, 4) is 11.4 Å². The van der Waals surface area contributed by atoms with Gasteiger partial charge in [0, 0.05) is 23.9 Å². The Kier molecular flexibility index (Phi) is 4.20. The molecule has 2 heterocycles. The first-order valence-electron chi connectivity index (χ1n) is 7.00. The number of methoxy groups -OCH3 is 1. The molecule has 2 aromatic rings. The Labute approximate surface area is 136 Å². The Hall–Kier alpha value is -3.27. The second-order valence-electron chi connectivity index (χ2n) is 4.88. The summed E-state index contributed by atoms with van der Waals surface area (Å²) in [5.74, 6) is -0.448. The zero-order valence-corrected chi connectivity index (χ0v) is 12.7. The van der Waals surface area contributed by atoms with Crippen molar-refractivity contribution in [2.45, 2.75) is 0 Å². The van der Waals surface area contributed by atoms with Gasteiger partial charge in [0.2, 0.25) is 0 Å². The number of tetrazole rings is 1. The third-order valence-corrected chi connectivity index (χ3v) is 3.35. The molecule has 10 nitrogen and oxygen atoms in total. The number of aliphatic hydroxyl groups is 1. The number of aliphatic hydroxyl groups excluding tert-OH is 1. The van der Waals surface area contributed by atoms with Crippen LogP contribution >= 0.6 is 0 Å². The Balaban J connectivity index is 1.88. The second kappa shape index (κ2) is 6.46. The predicted molar refractivity (Wildman–Crippen MR) is 81.2 cm³/mol. The number of carbonyl (C=O) groups excluding carboxylic acids is 2. The summed E-state index contributed by atoms with van der Waals surface area (Å²) in [6.45, 7) is -0.339. The van der Waals surface area contributed by atoms with Gasteiger partial charge in [0.25, 0.3) is 11.8 Å². The molecule has 0 spiro atoms. The maximum atomic E-state index is 12.2. The van der Waals surface area contributed by atoms with Crippen molar-refractivity contribution in [3.63, 3.8) is 0 Å². The highest BCUT2D eigenvalue weighted by Gasteiger charge is 2.30. The van der Waals surface area contributed by atoms with Gasteiger partial charge in [0.05, 0.1) is 25.9 Å². The summed E-state index contributed by atoms with van der Waals surface area (Å²) in [5.41, 5.74) is 1.26. The lowest BCUT2D eigenvalue weighted by molar-refractivity contribution is -0.137. The molecule has 1 aliphatic heterocycles. The monoisotopic (exact) mass is 330 g/mol. The fourth-order valence-corrected chi connectivity index (χ4v) is 2.25. The van der Waals surface area contributed by atoms with Gasteiger partial charge in [-0.2, -0.15) is 0 Å². The van der Waals surface area contributed by atoms with Gasteiger partial charge in [-0.1, -0.05) is 0 Å². The third kappa shape index (κ3) is 2.94. The number of hydrogen-bond acceptors (Lipinski definition) is 8. The average Bonchev–Trinajstić information content (AvgIpc) is 3.20. The van der Waals surface area contributed by atoms with Crippen molar-refractivity contribution < 1.29 is 19.4 Å². The molecular formula is C14H14N6O4. The Morgan fingerprint density at radius 1 is 1.29 bits per heavy atom. The molecule has 2 amide bonds. The maximum Gasteiger partial charge on any atom is 0.277 e. The number of amides is 2. The zero-order valence-electron chi connectivity index (χ0n) is 12.7. The number of aromatic nitrogens is 4. The van der Waals surface area contributed by atoms with Crippen LogP contribution in [0.15, 0.2) is 36.3 Å². The first-order chi connectivity index (χ1) is 11.6. The van der Waals surface area contributed by atoms with E-state index in [9.17, 15) is 9.59 Å². The van der Waals surface area contributed by atoms with Crippen molar-refractivity contribution in [2.75, 3.05) is 25.6 Å². The second-order valence-corrected chi connectivity index (χ2v) is 4.88. The number of hydrogen-bond donors (Lipinski definition) is 2. The van der Waals surface area contributed by atoms with Gasteiger partial charge >= 0.3 is 0 Å². The molecule has 1 aromatic heterocycles. The van der Waals surface area contributed by atoms with Gasteiger partial charge in [0.1, 0.15) is 17.8 Å². The lowest BCUT2D eigenvalue weighted by Crippen LogP contribution is -2.34. The first-order valence-corrected chi connectivity index (χ1v) is 7.00. The molecule has 0 atom stereocenters. The number of benzene rings is 1. The fraction of sp³-hybridized carbons (Fsp3) is 0.214. The van der Waals surface area contributed by atoms with Crippen LogP contribution in [-0.2, 0) is 9.59 Å². The minimum Gasteiger partial charge on any atom is -0.497 e. The molecule has 0 aliphatic carbocycles. The van der Waals surface area contributed by atoms with E-state index in [0.29, 0.717) is 17.1 Å². The molecule has 124 valence electrons. The summed E-state index contributed by atoms with van der Waals surface area (Å²) >= 11 is 0. The molecule has 0 saturated heterocycles. The van der Waals surface area contributed by atoms with Gasteiger partial charge in [-0.05, 0) is 16.5 Å². The average molecular weight is 330 g/mol. The number of rotatable bonds is 6. The summed E-state index contributed by atoms with van der Waals surface area (Å²) < 4.78 is 6.66. The number of imide groups is 1. The number of carbonyl (C=O) groups is 2. The van der Waals surface area contributed by atoms with Gasteiger partial charge in [0.15, 0.2) is 0 Å². The van der Waals surface area contributed by atoms with Gasteiger partial charge in [-0.3, -0.25) is 14.5 Å². The van der Waals surface area contributed by atoms with E-state index < -0.39 is 11.8 Å². The van der Waals surface area contributed by atoms with Gasteiger partial charge in [-0.15, -0.1) is 5.10 Å². The Morgan fingerprint density at radius 3 is 2.79 bits per heavy atom. The first kappa shape index (κ1) is 15.6. The lowest BCUT2D eigenvalue weighted by Gasteiger charge is -2.14. The molecule has 0 saturated carbocycles. The van der Waals surface area contributed by atoms with Crippen LogP contribution in [0.2, 0.25) is 0 Å². The van der Waals surface area contributed by atoms with Crippen LogP contribution in [-0.4, -0.2) is 62.3 Å². The molecule has 2 N–H and O–H groups in total. The number of nitrogens with one attached hydrogen (secondary N) is 1. The maximum absolute atomic E-state index is 12.2. The highest BCUT2D eigenvalue weighted by atomic mass is 16.5. The summed E-state index contributed by atoms with van der Waals surface area (Å²) in [7, 11) is 1.51. The quantitative estimate of drug-likeness (QED) is 0.669. The fourth-order valence-electron chi connectivity index (χ4n) is 2.25. The van der Waals surface area contributed by atoms with Crippen LogP contribution in [0, 0.1) is 0 Å². The molecule has 10 heteroatoms. The molecule has 1 aliphatic rings. The van der Waals surface area contributed by atoms with Crippen LogP contribution in [0.5, 0.6) is 5.75 Å². The molecule has 0 fully saturated rings. The van der Waals surface area contributed by atoms with Crippen LogP contribution in [0.25, 0.3) is 5.69 Å². The van der Waals surface area contributed by atoms with Crippen molar-refractivity contribution in [3.05, 3.63) is 36.3 Å². The summed E-state index contributed by atoms with van der Waals surface area (Å²) in [4.78, 5) is 24.9. The zero-order chi connectivity index (χ0) is 17.1. The molecule has 1 aromatic carbocycles. The van der Waals surface area contributed by atoms with E-state index in [2.05, 4.69) is 20.8 Å². The minimum absolute atomic E-state index is 0.0483. The molecule has 0 radical (unpaired) electrons. The van der Waals surface area contributed by atoms with Crippen molar-refractivity contribution >= 4 is 17.5 Å². The van der Waals surface area contributed by atoms with E-state index in [0.717, 1.165) is 4.90 Å². The highest BCUT2D eigenvalue weighted by Crippen LogP contribution is 2.25. The third-order valence-electron chi connectivity index (χ3n) is 3.35. The lowest BCUT2D eigenvalue weighted by atomic mass is 10.2. The van der Waals surface area contributed by atoms with E-state index in [-0.39, 0.29) is 18.8 Å². The number of β-amino-alcohol motifs (C(OH)–C–C–N with tert-alkyl or cyclic N) is 1. The topological polar surface area (TPSA) is 122 Å². The van der Waals surface area contributed by atoms with E-state index in [1.807, 2.05) is 0 Å².